The van der Waals surface area contributed by atoms with Crippen LogP contribution in [0.1, 0.15) is 0 Å². The van der Waals surface area contributed by atoms with Crippen molar-refractivity contribution < 1.29 is 28.6 Å². The van der Waals surface area contributed by atoms with Crippen molar-refractivity contribution >= 4 is 10.2 Å². The summed E-state index contributed by atoms with van der Waals surface area (Å²) < 4.78 is 26.3. The van der Waals surface area contributed by atoms with Crippen molar-refractivity contribution in [1.82, 2.24) is 13.5 Å². The summed E-state index contributed by atoms with van der Waals surface area (Å²) in [5, 5.41) is 15.0. The van der Waals surface area contributed by atoms with E-state index in [1.807, 2.05) is 4.90 Å². The van der Waals surface area contributed by atoms with E-state index < -0.39 is 10.2 Å². The van der Waals surface area contributed by atoms with Gasteiger partial charge in [-0.25, -0.2) is 10.1 Å². The molecule has 0 radical (unpaired) electrons. The summed E-state index contributed by atoms with van der Waals surface area (Å²) >= 11 is 0. The van der Waals surface area contributed by atoms with Crippen LogP contribution in [0, 0.1) is 0 Å². The van der Waals surface area contributed by atoms with Gasteiger partial charge in [-0.15, -0.1) is 0 Å². The smallest absolute Gasteiger partial charge is 0.281 e. The fourth-order valence-electron chi connectivity index (χ4n) is 1.64. The van der Waals surface area contributed by atoms with E-state index in [2.05, 4.69) is 15.0 Å². The molecule has 0 aliphatic carbocycles. The van der Waals surface area contributed by atoms with E-state index in [-0.39, 0.29) is 6.61 Å². The fraction of sp³-hybridized carbons (Fsp3) is 1.00. The summed E-state index contributed by atoms with van der Waals surface area (Å²) in [6.07, 6.45) is 0. The van der Waals surface area contributed by atoms with E-state index in [4.69, 9.17) is 5.26 Å². The molecule has 1 fully saturated rings. The van der Waals surface area contributed by atoms with Crippen molar-refractivity contribution in [2.45, 2.75) is 0 Å². The minimum Gasteiger partial charge on any atom is -0.298 e. The van der Waals surface area contributed by atoms with Gasteiger partial charge in [0.05, 0.1) is 6.61 Å². The normalized spacial score (nSPS) is 19.6. The molecule has 1 N–H and O–H groups in total. The van der Waals surface area contributed by atoms with Crippen LogP contribution in [-0.4, -0.2) is 80.6 Å². The molecule has 0 amide bonds. The second kappa shape index (κ2) is 7.31. The predicted octanol–water partition coefficient (Wildman–Crippen LogP) is -1.24. The average Bonchev–Trinajstić information content (AvgIpc) is 2.35. The molecule has 1 rings (SSSR count). The zero-order valence-electron chi connectivity index (χ0n) is 10.5. The number of rotatable bonds is 7. The molecular weight excluding hydrogens is 266 g/mol. The van der Waals surface area contributed by atoms with E-state index in [0.29, 0.717) is 32.7 Å². The second-order valence-corrected chi connectivity index (χ2v) is 6.14. The predicted molar refractivity (Wildman–Crippen MR) is 61.4 cm³/mol. The SMILES string of the molecule is CN(C)S(=O)(=O)N1CCN(CCOOOO)CC1. The highest BCUT2D eigenvalue weighted by Crippen LogP contribution is 2.09. The average molecular weight is 285 g/mol. The molecule has 1 heterocycles. The Hall–Kier alpha value is -0.330. The summed E-state index contributed by atoms with van der Waals surface area (Å²) in [5.74, 6) is 0. The maximum absolute atomic E-state index is 11.8. The monoisotopic (exact) mass is 285 g/mol. The third kappa shape index (κ3) is 4.40. The molecule has 10 heteroatoms. The Labute approximate surface area is 106 Å². The molecule has 0 saturated carbocycles. The van der Waals surface area contributed by atoms with Crippen LogP contribution in [0.2, 0.25) is 0 Å². The van der Waals surface area contributed by atoms with Crippen molar-refractivity contribution in [3.05, 3.63) is 0 Å². The minimum atomic E-state index is -3.32. The van der Waals surface area contributed by atoms with Gasteiger partial charge in [-0.2, -0.15) is 17.0 Å². The quantitative estimate of drug-likeness (QED) is 0.355. The lowest BCUT2D eigenvalue weighted by Gasteiger charge is -2.34. The molecule has 9 nitrogen and oxygen atoms in total. The summed E-state index contributed by atoms with van der Waals surface area (Å²) in [6, 6.07) is 0. The molecule has 0 spiro atoms. The fourth-order valence-corrected chi connectivity index (χ4v) is 2.72. The van der Waals surface area contributed by atoms with Crippen molar-refractivity contribution in [3.8, 4) is 0 Å². The first-order valence-corrected chi connectivity index (χ1v) is 6.88. The standard InChI is InChI=1S/C8H19N3O6S/c1-9(2)18(13,14)11-5-3-10(4-6-11)7-8-15-17-16-12/h12H,3-8H2,1-2H3. The van der Waals surface area contributed by atoms with Gasteiger partial charge in [0.15, 0.2) is 0 Å². The summed E-state index contributed by atoms with van der Waals surface area (Å²) in [7, 11) is -0.290. The van der Waals surface area contributed by atoms with Gasteiger partial charge in [0.25, 0.3) is 10.2 Å². The molecule has 0 aromatic rings. The first kappa shape index (κ1) is 15.7. The molecule has 1 aliphatic rings. The molecule has 18 heavy (non-hydrogen) atoms. The molecule has 0 aromatic carbocycles. The van der Waals surface area contributed by atoms with Gasteiger partial charge in [-0.1, -0.05) is 0 Å². The van der Waals surface area contributed by atoms with Gasteiger partial charge in [0.2, 0.25) is 0 Å². The zero-order valence-corrected chi connectivity index (χ0v) is 11.3. The Kier molecular flexibility index (Phi) is 6.38. The van der Waals surface area contributed by atoms with E-state index in [0.717, 1.165) is 0 Å². The third-order valence-electron chi connectivity index (χ3n) is 2.69. The lowest BCUT2D eigenvalue weighted by molar-refractivity contribution is -0.623. The highest BCUT2D eigenvalue weighted by Gasteiger charge is 2.28. The topological polar surface area (TPSA) is 91.8 Å². The lowest BCUT2D eigenvalue weighted by Crippen LogP contribution is -2.52. The van der Waals surface area contributed by atoms with Gasteiger partial charge >= 0.3 is 0 Å². The van der Waals surface area contributed by atoms with Crippen LogP contribution in [0.25, 0.3) is 0 Å². The number of nitrogens with zero attached hydrogens (tertiary/aromatic N) is 3. The van der Waals surface area contributed by atoms with Crippen LogP contribution in [0.5, 0.6) is 0 Å². The number of hydrogen-bond donors (Lipinski definition) is 1. The molecule has 0 unspecified atom stereocenters. The highest BCUT2D eigenvalue weighted by molar-refractivity contribution is 7.86. The van der Waals surface area contributed by atoms with E-state index in [1.54, 1.807) is 0 Å². The Balaban J connectivity index is 2.29. The largest absolute Gasteiger partial charge is 0.298 e. The molecular formula is C8H19N3O6S. The van der Waals surface area contributed by atoms with Gasteiger partial charge < -0.3 is 0 Å². The van der Waals surface area contributed by atoms with Crippen LogP contribution in [0.15, 0.2) is 0 Å². The second-order valence-electron chi connectivity index (χ2n) is 4.00. The molecule has 0 bridgehead atoms. The van der Waals surface area contributed by atoms with Crippen molar-refractivity contribution in [1.29, 1.82) is 0 Å². The van der Waals surface area contributed by atoms with Crippen LogP contribution in [0.3, 0.4) is 0 Å². The summed E-state index contributed by atoms with van der Waals surface area (Å²) in [6.45, 7) is 2.92. The number of hydrogen-bond acceptors (Lipinski definition) is 7. The van der Waals surface area contributed by atoms with Gasteiger partial charge in [0, 0.05) is 46.8 Å². The summed E-state index contributed by atoms with van der Waals surface area (Å²) in [5.41, 5.74) is 0. The van der Waals surface area contributed by atoms with Crippen molar-refractivity contribution in [3.63, 3.8) is 0 Å². The Morgan fingerprint density at radius 2 is 1.83 bits per heavy atom. The van der Waals surface area contributed by atoms with E-state index in [1.165, 1.54) is 22.7 Å². The van der Waals surface area contributed by atoms with Gasteiger partial charge in [-0.3, -0.25) is 4.90 Å². The molecule has 1 aliphatic heterocycles. The highest BCUT2D eigenvalue weighted by atomic mass is 32.2. The van der Waals surface area contributed by atoms with Crippen molar-refractivity contribution in [2.24, 2.45) is 0 Å². The van der Waals surface area contributed by atoms with Crippen LogP contribution < -0.4 is 0 Å². The molecule has 0 aromatic heterocycles. The third-order valence-corrected chi connectivity index (χ3v) is 4.63. The van der Waals surface area contributed by atoms with Gasteiger partial charge in [0.1, 0.15) is 0 Å². The maximum Gasteiger partial charge on any atom is 0.281 e. The van der Waals surface area contributed by atoms with Gasteiger partial charge in [-0.05, 0) is 10.1 Å². The molecule has 1 saturated heterocycles. The van der Waals surface area contributed by atoms with Crippen LogP contribution in [0.4, 0.5) is 0 Å². The zero-order chi connectivity index (χ0) is 13.6. The Bertz CT molecular complexity index is 328. The minimum absolute atomic E-state index is 0.223. The Morgan fingerprint density at radius 1 is 1.22 bits per heavy atom. The maximum atomic E-state index is 11.8. The van der Waals surface area contributed by atoms with Crippen LogP contribution in [-0.2, 0) is 25.2 Å². The van der Waals surface area contributed by atoms with Crippen molar-refractivity contribution in [2.75, 3.05) is 53.4 Å². The lowest BCUT2D eigenvalue weighted by atomic mass is 10.4. The first-order valence-electron chi connectivity index (χ1n) is 5.48. The van der Waals surface area contributed by atoms with E-state index >= 15 is 0 Å². The Morgan fingerprint density at radius 3 is 2.33 bits per heavy atom. The first-order chi connectivity index (χ1) is 8.48. The van der Waals surface area contributed by atoms with Crippen LogP contribution >= 0.6 is 0 Å². The molecule has 108 valence electrons. The summed E-state index contributed by atoms with van der Waals surface area (Å²) in [4.78, 5) is 6.49. The van der Waals surface area contributed by atoms with E-state index in [9.17, 15) is 8.42 Å². The number of piperazine rings is 1. The molecule has 0 atom stereocenters.